The van der Waals surface area contributed by atoms with Crippen LogP contribution in [0.5, 0.6) is 5.75 Å². The van der Waals surface area contributed by atoms with Crippen LogP contribution in [0.3, 0.4) is 0 Å². The minimum Gasteiger partial charge on any atom is -0.497 e. The fourth-order valence-electron chi connectivity index (χ4n) is 4.58. The van der Waals surface area contributed by atoms with Crippen molar-refractivity contribution < 1.29 is 18.3 Å². The maximum atomic E-state index is 14.7. The Morgan fingerprint density at radius 1 is 1.03 bits per heavy atom. The Balaban J connectivity index is 1.64. The zero-order valence-corrected chi connectivity index (χ0v) is 19.6. The number of fused-ring (bicyclic) bond motifs is 1. The van der Waals surface area contributed by atoms with Gasteiger partial charge in [0.2, 0.25) is 5.91 Å². The van der Waals surface area contributed by atoms with Crippen LogP contribution in [0, 0.1) is 0 Å². The minimum atomic E-state index is -3.04. The largest absolute Gasteiger partial charge is 0.497 e. The molecule has 178 valence electrons. The van der Waals surface area contributed by atoms with Crippen LogP contribution in [-0.4, -0.2) is 30.5 Å². The Morgan fingerprint density at radius 3 is 2.37 bits per heavy atom. The van der Waals surface area contributed by atoms with Crippen LogP contribution in [0.2, 0.25) is 0 Å². The summed E-state index contributed by atoms with van der Waals surface area (Å²) >= 11 is 6.87. The van der Waals surface area contributed by atoms with E-state index in [0.717, 1.165) is 16.9 Å². The van der Waals surface area contributed by atoms with Gasteiger partial charge in [-0.15, -0.1) is 0 Å². The van der Waals surface area contributed by atoms with Crippen LogP contribution in [0.15, 0.2) is 78.9 Å². The highest BCUT2D eigenvalue weighted by Crippen LogP contribution is 2.50. The fourth-order valence-corrected chi connectivity index (χ4v) is 5.05. The molecule has 0 bridgehead atoms. The first-order valence-electron chi connectivity index (χ1n) is 11.0. The molecule has 1 atom stereocenters. The van der Waals surface area contributed by atoms with Gasteiger partial charge in [0.05, 0.1) is 31.2 Å². The molecule has 3 aromatic carbocycles. The molecule has 0 aliphatic carbocycles. The number of hydrogen-bond donors (Lipinski definition) is 1. The average molecular weight is 494 g/mol. The highest BCUT2D eigenvalue weighted by Gasteiger charge is 2.55. The van der Waals surface area contributed by atoms with Crippen LogP contribution in [0.25, 0.3) is 22.0 Å². The number of alkyl halides is 3. The molecule has 5 rings (SSSR count). The molecule has 1 unspecified atom stereocenters. The molecule has 1 amide bonds. The Hall–Kier alpha value is -3.71. The van der Waals surface area contributed by atoms with E-state index in [1.807, 2.05) is 36.4 Å². The lowest BCUT2D eigenvalue weighted by Gasteiger charge is -2.33. The van der Waals surface area contributed by atoms with Crippen LogP contribution >= 0.6 is 11.6 Å². The van der Waals surface area contributed by atoms with Gasteiger partial charge in [-0.25, -0.2) is 13.8 Å². The van der Waals surface area contributed by atoms with Gasteiger partial charge in [-0.3, -0.25) is 4.79 Å². The number of nitrogens with zero attached hydrogens (tertiary/aromatic N) is 2. The number of carbonyl (C=O) groups is 1. The fraction of sp³-hybridized carbons (Fsp3) is 0.185. The van der Waals surface area contributed by atoms with E-state index in [9.17, 15) is 13.6 Å². The molecule has 1 aliphatic rings. The van der Waals surface area contributed by atoms with E-state index in [0.29, 0.717) is 16.5 Å². The summed E-state index contributed by atoms with van der Waals surface area (Å²) in [5.41, 5.74) is 8.65. The summed E-state index contributed by atoms with van der Waals surface area (Å²) in [5, 5.41) is 0.528. The first-order chi connectivity index (χ1) is 16.7. The summed E-state index contributed by atoms with van der Waals surface area (Å²) in [7, 11) is 1.59. The van der Waals surface area contributed by atoms with Crippen LogP contribution in [0.4, 0.5) is 14.6 Å². The first kappa shape index (κ1) is 23.1. The maximum absolute atomic E-state index is 14.7. The predicted octanol–water partition coefficient (Wildman–Crippen LogP) is 5.95. The van der Waals surface area contributed by atoms with Gasteiger partial charge < -0.3 is 15.4 Å². The highest BCUT2D eigenvalue weighted by molar-refractivity contribution is 6.25. The molecule has 5 nitrogen and oxygen atoms in total. The van der Waals surface area contributed by atoms with Crippen molar-refractivity contribution in [1.29, 1.82) is 0 Å². The molecule has 1 aromatic heterocycles. The van der Waals surface area contributed by atoms with E-state index in [1.54, 1.807) is 43.5 Å². The molecule has 1 saturated heterocycles. The number of hydrogen-bond acceptors (Lipinski definition) is 4. The summed E-state index contributed by atoms with van der Waals surface area (Å²) in [5.74, 6) is -2.83. The minimum absolute atomic E-state index is 0.166. The number of rotatable bonds is 5. The molecule has 1 aliphatic heterocycles. The Kier molecular flexibility index (Phi) is 5.60. The molecule has 8 heteroatoms. The van der Waals surface area contributed by atoms with Gasteiger partial charge in [0, 0.05) is 5.39 Å². The normalized spacial score (nSPS) is 19.1. The number of nitrogens with two attached hydrogens (primary N) is 1. The number of anilines is 1. The molecular formula is C27H22ClF2N3O2. The summed E-state index contributed by atoms with van der Waals surface area (Å²) in [6.07, 6.45) is -0.590. The van der Waals surface area contributed by atoms with Crippen molar-refractivity contribution >= 4 is 34.2 Å². The van der Waals surface area contributed by atoms with E-state index < -0.39 is 29.8 Å². The smallest absolute Gasteiger partial charge is 0.269 e. The van der Waals surface area contributed by atoms with Crippen LogP contribution in [-0.2, 0) is 5.00 Å². The van der Waals surface area contributed by atoms with E-state index in [-0.39, 0.29) is 11.4 Å². The highest BCUT2D eigenvalue weighted by atomic mass is 35.5. The van der Waals surface area contributed by atoms with E-state index in [1.165, 1.54) is 11.0 Å². The summed E-state index contributed by atoms with van der Waals surface area (Å²) in [4.78, 5) is 16.9. The van der Waals surface area contributed by atoms with Gasteiger partial charge in [-0.2, -0.15) is 0 Å². The Labute approximate surface area is 206 Å². The van der Waals surface area contributed by atoms with E-state index >= 15 is 0 Å². The molecule has 0 radical (unpaired) electrons. The quantitative estimate of drug-likeness (QED) is 0.276. The molecule has 35 heavy (non-hydrogen) atoms. The topological polar surface area (TPSA) is 68.4 Å². The first-order valence-corrected chi connectivity index (χ1v) is 11.4. The van der Waals surface area contributed by atoms with Gasteiger partial charge in [0.25, 0.3) is 5.92 Å². The number of amides is 1. The summed E-state index contributed by atoms with van der Waals surface area (Å²) in [6, 6.07) is 23.1. The lowest BCUT2D eigenvalue weighted by Crippen LogP contribution is -2.37. The zero-order chi connectivity index (χ0) is 24.8. The molecule has 2 N–H and O–H groups in total. The van der Waals surface area contributed by atoms with Crippen molar-refractivity contribution in [3.63, 3.8) is 0 Å². The number of halogens is 3. The molecule has 0 saturated carbocycles. The Bertz CT molecular complexity index is 1410. The van der Waals surface area contributed by atoms with Gasteiger partial charge in [0.1, 0.15) is 16.6 Å². The summed E-state index contributed by atoms with van der Waals surface area (Å²) < 4.78 is 34.6. The van der Waals surface area contributed by atoms with Gasteiger partial charge in [-0.1, -0.05) is 60.1 Å². The second-order valence-electron chi connectivity index (χ2n) is 8.60. The monoisotopic (exact) mass is 493 g/mol. The average Bonchev–Trinajstić information content (AvgIpc) is 3.13. The number of pyridine rings is 1. The van der Waals surface area contributed by atoms with Gasteiger partial charge in [-0.05, 0) is 47.0 Å². The van der Waals surface area contributed by atoms with Crippen molar-refractivity contribution in [1.82, 2.24) is 4.98 Å². The van der Waals surface area contributed by atoms with Crippen molar-refractivity contribution in [2.24, 2.45) is 5.73 Å². The standard InChI is InChI=1S/C27H22ClF2N3O2/c1-35-20-10-7-17(8-11-20)18-9-12-23-21(13-18)22(25(31)34)14-24(32-23)33-16-26(29,30)15-27(33,28)19-5-3-2-4-6-19/h2-14H,15-16H2,1H3,(H2,31,34). The second-order valence-corrected chi connectivity index (χ2v) is 9.22. The third kappa shape index (κ3) is 4.17. The zero-order valence-electron chi connectivity index (χ0n) is 18.8. The van der Waals surface area contributed by atoms with Crippen LogP contribution < -0.4 is 15.4 Å². The lowest BCUT2D eigenvalue weighted by molar-refractivity contribution is 0.0204. The number of primary amides is 1. The van der Waals surface area contributed by atoms with Gasteiger partial charge in [0.15, 0.2) is 0 Å². The SMILES string of the molecule is COc1ccc(-c2ccc3nc(N4CC(F)(F)CC4(Cl)c4ccccc4)cc(C(N)=O)c3c2)cc1. The van der Waals surface area contributed by atoms with E-state index in [2.05, 4.69) is 4.98 Å². The number of aromatic nitrogens is 1. The molecule has 4 aromatic rings. The van der Waals surface area contributed by atoms with Crippen molar-refractivity contribution in [3.05, 3.63) is 90.0 Å². The molecule has 1 fully saturated rings. The van der Waals surface area contributed by atoms with Crippen molar-refractivity contribution in [3.8, 4) is 16.9 Å². The van der Waals surface area contributed by atoms with Crippen molar-refractivity contribution in [2.45, 2.75) is 17.3 Å². The summed E-state index contributed by atoms with van der Waals surface area (Å²) in [6.45, 7) is -0.633. The van der Waals surface area contributed by atoms with E-state index in [4.69, 9.17) is 22.1 Å². The molecule has 2 heterocycles. The van der Waals surface area contributed by atoms with Crippen LogP contribution in [0.1, 0.15) is 22.3 Å². The van der Waals surface area contributed by atoms with Gasteiger partial charge >= 0.3 is 0 Å². The lowest BCUT2D eigenvalue weighted by atomic mass is 9.99. The third-order valence-corrected chi connectivity index (χ3v) is 6.84. The predicted molar refractivity (Wildman–Crippen MR) is 133 cm³/mol. The second kappa shape index (κ2) is 8.50. The third-order valence-electron chi connectivity index (χ3n) is 6.29. The number of carbonyl (C=O) groups excluding carboxylic acids is 1. The Morgan fingerprint density at radius 2 is 1.71 bits per heavy atom. The number of ether oxygens (including phenoxy) is 1. The number of methoxy groups -OCH3 is 1. The number of benzene rings is 3. The maximum Gasteiger partial charge on any atom is 0.269 e. The molecule has 0 spiro atoms. The molecular weight excluding hydrogens is 472 g/mol. The van der Waals surface area contributed by atoms with Crippen molar-refractivity contribution in [2.75, 3.05) is 18.6 Å².